The molecule has 0 aromatic heterocycles. The van der Waals surface area contributed by atoms with Crippen LogP contribution < -0.4 is 5.32 Å². The van der Waals surface area contributed by atoms with E-state index in [-0.39, 0.29) is 0 Å². The van der Waals surface area contributed by atoms with Crippen molar-refractivity contribution in [2.75, 3.05) is 7.05 Å². The van der Waals surface area contributed by atoms with Gasteiger partial charge in [0.05, 0.1) is 6.04 Å². The molecular weight excluding hydrogens is 183 g/mol. The number of rotatable bonds is 2. The molecule has 0 aromatic carbocycles. The van der Waals surface area contributed by atoms with Gasteiger partial charge in [-0.2, -0.15) is 0 Å². The summed E-state index contributed by atoms with van der Waals surface area (Å²) >= 11 is 0. The van der Waals surface area contributed by atoms with Crippen molar-refractivity contribution in [2.45, 2.75) is 18.5 Å². The summed E-state index contributed by atoms with van der Waals surface area (Å²) in [6, 6.07) is -0.424. The van der Waals surface area contributed by atoms with E-state index in [0.29, 0.717) is 0 Å². The maximum atomic E-state index is 11.8. The van der Waals surface area contributed by atoms with E-state index in [1.807, 2.05) is 0 Å². The predicted octanol–water partition coefficient (Wildman–Crippen LogP) is 1.61. The van der Waals surface area contributed by atoms with Crippen molar-refractivity contribution in [2.24, 2.45) is 0 Å². The number of hydrogen-bond acceptors (Lipinski definition) is 2. The molecule has 13 heavy (non-hydrogen) atoms. The van der Waals surface area contributed by atoms with E-state index in [2.05, 4.69) is 10.1 Å². The molecule has 0 aliphatic heterocycles. The Labute approximate surface area is 74.1 Å². The van der Waals surface area contributed by atoms with Crippen molar-refractivity contribution in [1.82, 2.24) is 5.32 Å². The van der Waals surface area contributed by atoms with Crippen LogP contribution in [0.15, 0.2) is 24.3 Å². The van der Waals surface area contributed by atoms with Crippen LogP contribution in [0.25, 0.3) is 0 Å². The summed E-state index contributed by atoms with van der Waals surface area (Å²) in [6.45, 7) is 0. The Morgan fingerprint density at radius 1 is 1.23 bits per heavy atom. The predicted molar refractivity (Wildman–Crippen MR) is 42.1 cm³/mol. The van der Waals surface area contributed by atoms with Crippen LogP contribution in [0.2, 0.25) is 0 Å². The number of allylic oxidation sites excluding steroid dienone is 2. The SMILES string of the molecule is CNC1C=CC=CC1OC(F)(F)F. The zero-order chi connectivity index (χ0) is 9.90. The molecule has 0 bridgehead atoms. The van der Waals surface area contributed by atoms with Crippen molar-refractivity contribution >= 4 is 0 Å². The van der Waals surface area contributed by atoms with Gasteiger partial charge in [0.2, 0.25) is 0 Å². The molecule has 1 aliphatic carbocycles. The molecule has 0 saturated carbocycles. The summed E-state index contributed by atoms with van der Waals surface area (Å²) in [7, 11) is 1.58. The van der Waals surface area contributed by atoms with Crippen LogP contribution in [0.5, 0.6) is 0 Å². The molecule has 0 fully saturated rings. The first kappa shape index (κ1) is 10.3. The quantitative estimate of drug-likeness (QED) is 0.719. The minimum atomic E-state index is -4.59. The lowest BCUT2D eigenvalue weighted by molar-refractivity contribution is -0.337. The Morgan fingerprint density at radius 2 is 1.85 bits per heavy atom. The van der Waals surface area contributed by atoms with Gasteiger partial charge >= 0.3 is 6.36 Å². The number of alkyl halides is 3. The fourth-order valence-electron chi connectivity index (χ4n) is 1.11. The zero-order valence-corrected chi connectivity index (χ0v) is 7.01. The van der Waals surface area contributed by atoms with E-state index < -0.39 is 18.5 Å². The van der Waals surface area contributed by atoms with E-state index in [0.717, 1.165) is 0 Å². The highest BCUT2D eigenvalue weighted by Crippen LogP contribution is 2.22. The van der Waals surface area contributed by atoms with Crippen LogP contribution in [0.3, 0.4) is 0 Å². The Bertz CT molecular complexity index is 222. The molecule has 0 amide bonds. The molecule has 74 valence electrons. The standard InChI is InChI=1S/C8H10F3NO/c1-12-6-4-2-3-5-7(6)13-8(9,10)11/h2-7,12H,1H3. The summed E-state index contributed by atoms with van der Waals surface area (Å²) in [5.74, 6) is 0. The van der Waals surface area contributed by atoms with Gasteiger partial charge in [-0.1, -0.05) is 24.3 Å². The van der Waals surface area contributed by atoms with E-state index in [9.17, 15) is 13.2 Å². The molecule has 5 heteroatoms. The van der Waals surface area contributed by atoms with Crippen molar-refractivity contribution in [3.8, 4) is 0 Å². The average molecular weight is 193 g/mol. The summed E-state index contributed by atoms with van der Waals surface area (Å²) in [5, 5.41) is 2.71. The summed E-state index contributed by atoms with van der Waals surface area (Å²) in [6.07, 6.45) is 0.636. The normalized spacial score (nSPS) is 28.0. The molecule has 0 aromatic rings. The second kappa shape index (κ2) is 3.93. The van der Waals surface area contributed by atoms with E-state index in [1.54, 1.807) is 19.2 Å². The molecule has 2 unspecified atom stereocenters. The van der Waals surface area contributed by atoms with Gasteiger partial charge in [0.1, 0.15) is 6.10 Å². The molecule has 0 saturated heterocycles. The molecule has 0 spiro atoms. The van der Waals surface area contributed by atoms with Gasteiger partial charge in [0, 0.05) is 0 Å². The molecule has 0 heterocycles. The van der Waals surface area contributed by atoms with Gasteiger partial charge in [-0.05, 0) is 7.05 Å². The molecule has 1 rings (SSSR count). The lowest BCUT2D eigenvalue weighted by atomic mass is 10.1. The maximum absolute atomic E-state index is 11.8. The highest BCUT2D eigenvalue weighted by atomic mass is 19.4. The first-order chi connectivity index (χ1) is 6.03. The van der Waals surface area contributed by atoms with Gasteiger partial charge in [0.25, 0.3) is 0 Å². The summed E-state index contributed by atoms with van der Waals surface area (Å²) < 4.78 is 39.4. The van der Waals surface area contributed by atoms with E-state index >= 15 is 0 Å². The Kier molecular flexibility index (Phi) is 3.11. The summed E-state index contributed by atoms with van der Waals surface area (Å²) in [5.41, 5.74) is 0. The largest absolute Gasteiger partial charge is 0.523 e. The van der Waals surface area contributed by atoms with Crippen LogP contribution in [0.4, 0.5) is 13.2 Å². The van der Waals surface area contributed by atoms with Crippen LogP contribution in [0.1, 0.15) is 0 Å². The highest BCUT2D eigenvalue weighted by Gasteiger charge is 2.35. The van der Waals surface area contributed by atoms with Crippen LogP contribution in [-0.2, 0) is 4.74 Å². The topological polar surface area (TPSA) is 21.3 Å². The van der Waals surface area contributed by atoms with Gasteiger partial charge in [-0.3, -0.25) is 4.74 Å². The monoisotopic (exact) mass is 193 g/mol. The molecule has 0 radical (unpaired) electrons. The fraction of sp³-hybridized carbons (Fsp3) is 0.500. The number of hydrogen-bond donors (Lipinski definition) is 1. The molecule has 1 aliphatic rings. The van der Waals surface area contributed by atoms with Crippen molar-refractivity contribution < 1.29 is 17.9 Å². The minimum absolute atomic E-state index is 0.424. The number of likely N-dealkylation sites (N-methyl/N-ethyl adjacent to an activating group) is 1. The molecule has 1 N–H and O–H groups in total. The van der Waals surface area contributed by atoms with Gasteiger partial charge in [-0.15, -0.1) is 13.2 Å². The molecule has 2 atom stereocenters. The maximum Gasteiger partial charge on any atom is 0.523 e. The number of halogens is 3. The Hall–Kier alpha value is -0.810. The molecule has 2 nitrogen and oxygen atoms in total. The lowest BCUT2D eigenvalue weighted by Crippen LogP contribution is -2.40. The van der Waals surface area contributed by atoms with Crippen molar-refractivity contribution in [3.63, 3.8) is 0 Å². The summed E-state index contributed by atoms with van der Waals surface area (Å²) in [4.78, 5) is 0. The average Bonchev–Trinajstić information content (AvgIpc) is 2.02. The highest BCUT2D eigenvalue weighted by molar-refractivity contribution is 5.18. The number of ether oxygens (including phenoxy) is 1. The minimum Gasteiger partial charge on any atom is -0.311 e. The second-order valence-corrected chi connectivity index (χ2v) is 2.61. The smallest absolute Gasteiger partial charge is 0.311 e. The zero-order valence-electron chi connectivity index (χ0n) is 7.01. The number of nitrogens with one attached hydrogen (secondary N) is 1. The third-order valence-corrected chi connectivity index (χ3v) is 1.69. The Morgan fingerprint density at radius 3 is 2.38 bits per heavy atom. The first-order valence-corrected chi connectivity index (χ1v) is 3.80. The van der Waals surface area contributed by atoms with Gasteiger partial charge < -0.3 is 5.32 Å². The van der Waals surface area contributed by atoms with E-state index in [4.69, 9.17) is 0 Å². The van der Waals surface area contributed by atoms with Gasteiger partial charge in [0.15, 0.2) is 0 Å². The third kappa shape index (κ3) is 3.20. The Balaban J connectivity index is 2.58. The first-order valence-electron chi connectivity index (χ1n) is 3.80. The van der Waals surface area contributed by atoms with Gasteiger partial charge in [-0.25, -0.2) is 0 Å². The second-order valence-electron chi connectivity index (χ2n) is 2.61. The van der Waals surface area contributed by atoms with Crippen LogP contribution in [0, 0.1) is 0 Å². The fourth-order valence-corrected chi connectivity index (χ4v) is 1.11. The third-order valence-electron chi connectivity index (χ3n) is 1.69. The van der Waals surface area contributed by atoms with Crippen molar-refractivity contribution in [3.05, 3.63) is 24.3 Å². The molecular formula is C8H10F3NO. The van der Waals surface area contributed by atoms with Crippen LogP contribution in [-0.4, -0.2) is 25.6 Å². The van der Waals surface area contributed by atoms with Crippen molar-refractivity contribution in [1.29, 1.82) is 0 Å². The van der Waals surface area contributed by atoms with Crippen LogP contribution >= 0.6 is 0 Å². The lowest BCUT2D eigenvalue weighted by Gasteiger charge is -2.24. The van der Waals surface area contributed by atoms with E-state index in [1.165, 1.54) is 12.2 Å².